The molecule has 0 fully saturated rings. The highest BCUT2D eigenvalue weighted by atomic mass is 19.4. The Morgan fingerprint density at radius 1 is 0.850 bits per heavy atom. The van der Waals surface area contributed by atoms with E-state index in [0.29, 0.717) is 12.1 Å². The Labute approximate surface area is 109 Å². The molecule has 0 spiro atoms. The lowest BCUT2D eigenvalue weighted by atomic mass is 10.1. The topological polar surface area (TPSA) is 14.2 Å². The molecule has 0 bridgehead atoms. The molecule has 0 saturated heterocycles. The second-order valence-electron chi connectivity index (χ2n) is 3.84. The van der Waals surface area contributed by atoms with Crippen molar-refractivity contribution >= 4 is 0 Å². The molecule has 2 rings (SSSR count). The molecule has 1 aromatic carbocycles. The fraction of sp³-hybridized carbons (Fsp3) is 0.167. The Morgan fingerprint density at radius 3 is 1.95 bits per heavy atom. The maximum absolute atomic E-state index is 12.8. The second-order valence-corrected chi connectivity index (χ2v) is 3.84. The predicted molar refractivity (Wildman–Crippen MR) is 56.9 cm³/mol. The van der Waals surface area contributed by atoms with E-state index in [9.17, 15) is 26.3 Å². The van der Waals surface area contributed by atoms with Gasteiger partial charge in [-0.25, -0.2) is 0 Å². The lowest BCUT2D eigenvalue weighted by molar-refractivity contribution is -0.144. The van der Waals surface area contributed by atoms with Crippen LogP contribution in [0.25, 0.3) is 0 Å². The summed E-state index contributed by atoms with van der Waals surface area (Å²) in [5, 5.41) is 0. The van der Waals surface area contributed by atoms with Crippen molar-refractivity contribution in [2.24, 2.45) is 0 Å². The van der Waals surface area contributed by atoms with Crippen molar-refractivity contribution in [2.45, 2.75) is 12.4 Å². The van der Waals surface area contributed by atoms with Gasteiger partial charge in [0.15, 0.2) is 5.75 Å². The minimum atomic E-state index is -4.95. The highest BCUT2D eigenvalue weighted by Gasteiger charge is 2.39. The summed E-state index contributed by atoms with van der Waals surface area (Å²) in [5.41, 5.74) is -2.87. The largest absolute Gasteiger partial charge is 0.420 e. The standard InChI is InChI=1S/C12H7F6NO/c13-11(14,15)8-3-4-10(9(7-8)12(16,17)18)20-19-5-1-2-6-19/h1-7H. The molecule has 0 amide bonds. The molecule has 0 aliphatic rings. The zero-order chi connectivity index (χ0) is 15.0. The molecule has 108 valence electrons. The van der Waals surface area contributed by atoms with Gasteiger partial charge < -0.3 is 4.84 Å². The first-order valence-electron chi connectivity index (χ1n) is 5.28. The summed E-state index contributed by atoms with van der Waals surface area (Å²) in [6, 6.07) is 4.20. The summed E-state index contributed by atoms with van der Waals surface area (Å²) < 4.78 is 76.7. The van der Waals surface area contributed by atoms with Crippen LogP contribution in [0.3, 0.4) is 0 Å². The molecule has 8 heteroatoms. The van der Waals surface area contributed by atoms with Gasteiger partial charge in [0.25, 0.3) is 0 Å². The van der Waals surface area contributed by atoms with Crippen molar-refractivity contribution in [3.8, 4) is 5.75 Å². The molecule has 1 heterocycles. The lowest BCUT2D eigenvalue weighted by Gasteiger charge is -2.16. The average Bonchev–Trinajstić information content (AvgIpc) is 2.79. The summed E-state index contributed by atoms with van der Waals surface area (Å²) in [7, 11) is 0. The summed E-state index contributed by atoms with van der Waals surface area (Å²) in [6.07, 6.45) is -7.18. The van der Waals surface area contributed by atoms with Crippen molar-refractivity contribution in [1.82, 2.24) is 4.73 Å². The Kier molecular flexibility index (Phi) is 3.41. The third-order valence-electron chi connectivity index (χ3n) is 2.39. The van der Waals surface area contributed by atoms with Crippen LogP contribution in [0.1, 0.15) is 11.1 Å². The molecular weight excluding hydrogens is 288 g/mol. The lowest BCUT2D eigenvalue weighted by Crippen LogP contribution is -2.14. The SMILES string of the molecule is FC(F)(F)c1ccc(On2cccc2)c(C(F)(F)F)c1. The van der Waals surface area contributed by atoms with Crippen LogP contribution in [-0.4, -0.2) is 4.73 Å². The third-order valence-corrected chi connectivity index (χ3v) is 2.39. The van der Waals surface area contributed by atoms with Crippen molar-refractivity contribution < 1.29 is 31.2 Å². The molecule has 2 aromatic rings. The van der Waals surface area contributed by atoms with E-state index in [0.717, 1.165) is 4.73 Å². The van der Waals surface area contributed by atoms with Crippen molar-refractivity contribution in [3.05, 3.63) is 53.9 Å². The van der Waals surface area contributed by atoms with Gasteiger partial charge in [-0.05, 0) is 30.3 Å². The van der Waals surface area contributed by atoms with Gasteiger partial charge >= 0.3 is 12.4 Å². The van der Waals surface area contributed by atoms with Crippen molar-refractivity contribution in [2.75, 3.05) is 0 Å². The van der Waals surface area contributed by atoms with Gasteiger partial charge in [0, 0.05) is 12.4 Å². The van der Waals surface area contributed by atoms with E-state index in [1.54, 1.807) is 0 Å². The normalized spacial score (nSPS) is 12.5. The average molecular weight is 295 g/mol. The number of nitrogens with zero attached hydrogens (tertiary/aromatic N) is 1. The molecule has 0 N–H and O–H groups in total. The van der Waals surface area contributed by atoms with Crippen LogP contribution in [-0.2, 0) is 12.4 Å². The molecule has 0 radical (unpaired) electrons. The van der Waals surface area contributed by atoms with E-state index in [1.165, 1.54) is 24.5 Å². The Hall–Kier alpha value is -2.12. The van der Waals surface area contributed by atoms with E-state index in [4.69, 9.17) is 4.84 Å². The molecule has 0 aliphatic carbocycles. The first kappa shape index (κ1) is 14.3. The molecule has 2 nitrogen and oxygen atoms in total. The minimum absolute atomic E-state index is 0.0266. The van der Waals surface area contributed by atoms with E-state index in [1.807, 2.05) is 0 Å². The number of rotatable bonds is 2. The van der Waals surface area contributed by atoms with Crippen LogP contribution in [0.5, 0.6) is 5.75 Å². The fourth-order valence-corrected chi connectivity index (χ4v) is 1.50. The molecule has 0 atom stereocenters. The first-order chi connectivity index (χ1) is 9.18. The van der Waals surface area contributed by atoms with Gasteiger partial charge in [0.1, 0.15) is 5.56 Å². The summed E-state index contributed by atoms with van der Waals surface area (Å²) in [6.45, 7) is 0. The quantitative estimate of drug-likeness (QED) is 0.750. The maximum atomic E-state index is 12.8. The smallest absolute Gasteiger partial charge is 0.375 e. The molecule has 1 aromatic heterocycles. The van der Waals surface area contributed by atoms with Crippen LogP contribution in [0.4, 0.5) is 26.3 Å². The van der Waals surface area contributed by atoms with Gasteiger partial charge in [-0.3, -0.25) is 0 Å². The molecule has 0 unspecified atom stereocenters. The number of benzene rings is 1. The summed E-state index contributed by atoms with van der Waals surface area (Å²) >= 11 is 0. The van der Waals surface area contributed by atoms with Crippen LogP contribution in [0, 0.1) is 0 Å². The Bertz CT molecular complexity index is 585. The van der Waals surface area contributed by atoms with Gasteiger partial charge in [-0.1, -0.05) is 0 Å². The van der Waals surface area contributed by atoms with Gasteiger partial charge in [0.05, 0.1) is 5.56 Å². The van der Waals surface area contributed by atoms with Crippen LogP contribution < -0.4 is 4.84 Å². The zero-order valence-corrected chi connectivity index (χ0v) is 9.66. The van der Waals surface area contributed by atoms with Crippen LogP contribution in [0.15, 0.2) is 42.7 Å². The monoisotopic (exact) mass is 295 g/mol. The van der Waals surface area contributed by atoms with Gasteiger partial charge in [-0.15, -0.1) is 0 Å². The Balaban J connectivity index is 2.46. The number of aromatic nitrogens is 1. The molecule has 0 aliphatic heterocycles. The predicted octanol–water partition coefficient (Wildman–Crippen LogP) is 4.37. The molecule has 0 saturated carbocycles. The number of alkyl halides is 6. The number of halogens is 6. The van der Waals surface area contributed by atoms with Gasteiger partial charge in [-0.2, -0.15) is 31.1 Å². The van der Waals surface area contributed by atoms with E-state index >= 15 is 0 Å². The zero-order valence-electron chi connectivity index (χ0n) is 9.66. The highest BCUT2D eigenvalue weighted by Crippen LogP contribution is 2.40. The van der Waals surface area contributed by atoms with Crippen molar-refractivity contribution in [1.29, 1.82) is 0 Å². The third kappa shape index (κ3) is 3.06. The number of hydrogen-bond acceptors (Lipinski definition) is 1. The highest BCUT2D eigenvalue weighted by molar-refractivity contribution is 5.40. The molecular formula is C12H7F6NO. The minimum Gasteiger partial charge on any atom is -0.375 e. The maximum Gasteiger partial charge on any atom is 0.420 e. The summed E-state index contributed by atoms with van der Waals surface area (Å²) in [5.74, 6) is -0.707. The first-order valence-corrected chi connectivity index (χ1v) is 5.28. The Morgan fingerprint density at radius 2 is 1.45 bits per heavy atom. The van der Waals surface area contributed by atoms with Crippen molar-refractivity contribution in [3.63, 3.8) is 0 Å². The van der Waals surface area contributed by atoms with Crippen LogP contribution in [0.2, 0.25) is 0 Å². The second kappa shape index (κ2) is 4.77. The van der Waals surface area contributed by atoms with E-state index in [2.05, 4.69) is 0 Å². The van der Waals surface area contributed by atoms with E-state index in [-0.39, 0.29) is 6.07 Å². The van der Waals surface area contributed by atoms with E-state index < -0.39 is 29.2 Å². The van der Waals surface area contributed by atoms with Gasteiger partial charge in [0.2, 0.25) is 0 Å². The van der Waals surface area contributed by atoms with Crippen LogP contribution >= 0.6 is 0 Å². The summed E-state index contributed by atoms with van der Waals surface area (Å²) in [4.78, 5) is 4.87. The number of hydrogen-bond donors (Lipinski definition) is 0. The fourth-order valence-electron chi connectivity index (χ4n) is 1.50. The molecule has 20 heavy (non-hydrogen) atoms.